The van der Waals surface area contributed by atoms with E-state index < -0.39 is 0 Å². The van der Waals surface area contributed by atoms with Crippen LogP contribution in [0.15, 0.2) is 35.1 Å². The predicted octanol–water partition coefficient (Wildman–Crippen LogP) is -0.404. The van der Waals surface area contributed by atoms with Crippen molar-refractivity contribution in [3.05, 3.63) is 62.0 Å². The van der Waals surface area contributed by atoms with Crippen LogP contribution >= 0.6 is 22.9 Å². The van der Waals surface area contributed by atoms with Gasteiger partial charge in [-0.1, -0.05) is 35.1 Å². The second-order valence-electron chi connectivity index (χ2n) is 6.91. The number of aryl methyl sites for hydroxylation is 1. The van der Waals surface area contributed by atoms with E-state index >= 15 is 0 Å². The molecule has 2 aromatic heterocycles. The minimum absolute atomic E-state index is 0.0965. The number of aromatic nitrogens is 3. The molecule has 3 heterocycles. The highest BCUT2D eigenvalue weighted by molar-refractivity contribution is 7.16. The Balaban J connectivity index is 1.36. The number of piperazine rings is 1. The van der Waals surface area contributed by atoms with Gasteiger partial charge in [0.05, 0.1) is 0 Å². The maximum atomic E-state index is 12.0. The molecule has 6 nitrogen and oxygen atoms in total. The van der Waals surface area contributed by atoms with Gasteiger partial charge in [0.25, 0.3) is 5.56 Å². The van der Waals surface area contributed by atoms with Crippen LogP contribution in [0.5, 0.6) is 0 Å². The van der Waals surface area contributed by atoms with Gasteiger partial charge in [0.2, 0.25) is 4.96 Å². The minimum atomic E-state index is -0.0965. The molecule has 4 rings (SSSR count). The van der Waals surface area contributed by atoms with Crippen LogP contribution in [0.1, 0.15) is 16.3 Å². The molecule has 0 spiro atoms. The SMILES string of the molecule is Cc1cc(=O)n2nc(C[NH+]3CC[NH+](Cc4cccc(Cl)c4)CC3)sc2n1. The van der Waals surface area contributed by atoms with Crippen LogP contribution in [0.2, 0.25) is 5.02 Å². The fraction of sp³-hybridized carbons (Fsp3) is 0.389. The summed E-state index contributed by atoms with van der Waals surface area (Å²) in [5, 5.41) is 6.25. The van der Waals surface area contributed by atoms with Crippen molar-refractivity contribution in [3.63, 3.8) is 0 Å². The van der Waals surface area contributed by atoms with Gasteiger partial charge in [0.15, 0.2) is 5.01 Å². The summed E-state index contributed by atoms with van der Waals surface area (Å²) in [7, 11) is 0. The molecule has 0 radical (unpaired) electrons. The van der Waals surface area contributed by atoms with Gasteiger partial charge in [-0.05, 0) is 19.1 Å². The number of hydrogen-bond donors (Lipinski definition) is 2. The Morgan fingerprint density at radius 3 is 2.62 bits per heavy atom. The maximum absolute atomic E-state index is 12.0. The van der Waals surface area contributed by atoms with Gasteiger partial charge in [0, 0.05) is 22.3 Å². The highest BCUT2D eigenvalue weighted by Crippen LogP contribution is 2.10. The molecule has 0 bridgehead atoms. The van der Waals surface area contributed by atoms with Crippen molar-refractivity contribution in [1.82, 2.24) is 14.6 Å². The number of nitrogens with one attached hydrogen (secondary N) is 2. The third kappa shape index (κ3) is 3.96. The number of hydrogen-bond acceptors (Lipinski definition) is 4. The first-order valence-corrected chi connectivity index (χ1v) is 10.0. The van der Waals surface area contributed by atoms with E-state index in [2.05, 4.69) is 22.2 Å². The van der Waals surface area contributed by atoms with E-state index in [-0.39, 0.29) is 5.56 Å². The lowest BCUT2D eigenvalue weighted by Gasteiger charge is -2.29. The number of fused-ring (bicyclic) bond motifs is 1. The van der Waals surface area contributed by atoms with E-state index in [9.17, 15) is 4.79 Å². The topological polar surface area (TPSA) is 56.1 Å². The number of benzene rings is 1. The predicted molar refractivity (Wildman–Crippen MR) is 102 cm³/mol. The molecule has 0 saturated carbocycles. The van der Waals surface area contributed by atoms with Crippen molar-refractivity contribution >= 4 is 27.9 Å². The lowest BCUT2D eigenvalue weighted by Crippen LogP contribution is -3.27. The Kier molecular flexibility index (Phi) is 5.04. The first-order valence-electron chi connectivity index (χ1n) is 8.85. The van der Waals surface area contributed by atoms with Crippen molar-refractivity contribution in [2.45, 2.75) is 20.0 Å². The highest BCUT2D eigenvalue weighted by Gasteiger charge is 2.24. The molecule has 1 saturated heterocycles. The average molecular weight is 392 g/mol. The van der Waals surface area contributed by atoms with Crippen LogP contribution in [0.25, 0.3) is 4.96 Å². The summed E-state index contributed by atoms with van der Waals surface area (Å²) >= 11 is 7.60. The van der Waals surface area contributed by atoms with E-state index in [1.54, 1.807) is 4.90 Å². The summed E-state index contributed by atoms with van der Waals surface area (Å²) in [4.78, 5) is 20.2. The lowest BCUT2D eigenvalue weighted by atomic mass is 10.2. The second kappa shape index (κ2) is 7.44. The smallest absolute Gasteiger partial charge is 0.275 e. The summed E-state index contributed by atoms with van der Waals surface area (Å²) in [6, 6.07) is 9.67. The Bertz CT molecular complexity index is 977. The molecule has 1 fully saturated rings. The normalized spacial score (nSPS) is 20.5. The van der Waals surface area contributed by atoms with Gasteiger partial charge in [0.1, 0.15) is 39.3 Å². The fourth-order valence-corrected chi connectivity index (χ4v) is 4.72. The molecule has 136 valence electrons. The number of nitrogens with zero attached hydrogens (tertiary/aromatic N) is 3. The van der Waals surface area contributed by atoms with Crippen molar-refractivity contribution in [1.29, 1.82) is 0 Å². The average Bonchev–Trinajstić information content (AvgIpc) is 2.99. The first kappa shape index (κ1) is 17.6. The van der Waals surface area contributed by atoms with Gasteiger partial charge < -0.3 is 9.80 Å². The number of halogens is 1. The molecule has 3 aromatic rings. The molecule has 0 unspecified atom stereocenters. The van der Waals surface area contributed by atoms with Crippen LogP contribution in [0.4, 0.5) is 0 Å². The van der Waals surface area contributed by atoms with Crippen LogP contribution < -0.4 is 15.4 Å². The Labute approximate surface area is 160 Å². The summed E-state index contributed by atoms with van der Waals surface area (Å²) in [6.45, 7) is 8.19. The minimum Gasteiger partial charge on any atom is -0.322 e. The van der Waals surface area contributed by atoms with Crippen molar-refractivity contribution < 1.29 is 9.80 Å². The molecule has 1 aromatic carbocycles. The van der Waals surface area contributed by atoms with Crippen molar-refractivity contribution in [3.8, 4) is 0 Å². The van der Waals surface area contributed by atoms with Crippen molar-refractivity contribution in [2.24, 2.45) is 0 Å². The molecule has 26 heavy (non-hydrogen) atoms. The molecule has 0 atom stereocenters. The summed E-state index contributed by atoms with van der Waals surface area (Å²) in [6.07, 6.45) is 0. The third-order valence-electron chi connectivity index (χ3n) is 4.82. The molecule has 0 aliphatic carbocycles. The molecule has 1 aliphatic rings. The Morgan fingerprint density at radius 2 is 1.88 bits per heavy atom. The summed E-state index contributed by atoms with van der Waals surface area (Å²) < 4.78 is 1.42. The molecular formula is C18H22ClN5OS+2. The first-order chi connectivity index (χ1) is 12.6. The van der Waals surface area contributed by atoms with E-state index in [1.807, 2.05) is 19.1 Å². The van der Waals surface area contributed by atoms with E-state index in [4.69, 9.17) is 11.6 Å². The van der Waals surface area contributed by atoms with Gasteiger partial charge in [-0.15, -0.1) is 0 Å². The summed E-state index contributed by atoms with van der Waals surface area (Å²) in [5.74, 6) is 0. The third-order valence-corrected chi connectivity index (χ3v) is 5.97. The second-order valence-corrected chi connectivity index (χ2v) is 8.39. The number of quaternary nitrogens is 2. The molecular weight excluding hydrogens is 370 g/mol. The molecule has 0 amide bonds. The standard InChI is InChI=1S/C18H20ClN5OS/c1-13-9-17(25)24-18(20-13)26-16(21-24)12-23-7-5-22(6-8-23)11-14-3-2-4-15(19)10-14/h2-4,9-10H,5-8,11-12H2,1H3/p+2. The monoisotopic (exact) mass is 391 g/mol. The number of rotatable bonds is 4. The van der Waals surface area contributed by atoms with Crippen molar-refractivity contribution in [2.75, 3.05) is 26.2 Å². The van der Waals surface area contributed by atoms with E-state index in [0.29, 0.717) is 4.96 Å². The van der Waals surface area contributed by atoms with Crippen LogP contribution in [0, 0.1) is 6.92 Å². The largest absolute Gasteiger partial charge is 0.322 e. The van der Waals surface area contributed by atoms with Gasteiger partial charge >= 0.3 is 0 Å². The highest BCUT2D eigenvalue weighted by atomic mass is 35.5. The van der Waals surface area contributed by atoms with Crippen LogP contribution in [-0.4, -0.2) is 40.8 Å². The van der Waals surface area contributed by atoms with Gasteiger partial charge in [-0.2, -0.15) is 9.61 Å². The maximum Gasteiger partial charge on any atom is 0.275 e. The van der Waals surface area contributed by atoms with E-state index in [0.717, 1.165) is 55.0 Å². The van der Waals surface area contributed by atoms with Crippen LogP contribution in [0.3, 0.4) is 0 Å². The molecule has 2 N–H and O–H groups in total. The Morgan fingerprint density at radius 1 is 1.15 bits per heavy atom. The zero-order valence-corrected chi connectivity index (χ0v) is 16.2. The molecule has 8 heteroatoms. The van der Waals surface area contributed by atoms with Crippen LogP contribution in [-0.2, 0) is 13.1 Å². The van der Waals surface area contributed by atoms with Gasteiger partial charge in [-0.25, -0.2) is 4.98 Å². The fourth-order valence-electron chi connectivity index (χ4n) is 3.49. The quantitative estimate of drug-likeness (QED) is 0.636. The Hall–Kier alpha value is -1.80. The summed E-state index contributed by atoms with van der Waals surface area (Å²) in [5.41, 5.74) is 1.94. The lowest BCUT2D eigenvalue weighted by molar-refractivity contribution is -1.02. The zero-order valence-electron chi connectivity index (χ0n) is 14.7. The molecule has 1 aliphatic heterocycles. The van der Waals surface area contributed by atoms with E-state index in [1.165, 1.54) is 32.4 Å². The zero-order chi connectivity index (χ0) is 18.1. The van der Waals surface area contributed by atoms with Gasteiger partial charge in [-0.3, -0.25) is 4.79 Å².